The standard InChI is InChI=1S/C13H23NO3/c1-4-14-12(9-11-7-8-15-10-11)13(16-5-2)17-6-3/h7-8,10,12-14H,4-6,9H2,1-3H3. The van der Waals surface area contributed by atoms with E-state index in [0.717, 1.165) is 18.5 Å². The van der Waals surface area contributed by atoms with E-state index in [1.807, 2.05) is 19.9 Å². The summed E-state index contributed by atoms with van der Waals surface area (Å²) < 4.78 is 16.3. The molecule has 0 aliphatic carbocycles. The molecule has 1 atom stereocenters. The van der Waals surface area contributed by atoms with Gasteiger partial charge in [-0.05, 0) is 38.4 Å². The van der Waals surface area contributed by atoms with Crippen molar-refractivity contribution < 1.29 is 13.9 Å². The maximum Gasteiger partial charge on any atom is 0.172 e. The average Bonchev–Trinajstić information content (AvgIpc) is 2.81. The van der Waals surface area contributed by atoms with Gasteiger partial charge in [-0.3, -0.25) is 0 Å². The van der Waals surface area contributed by atoms with Gasteiger partial charge in [-0.25, -0.2) is 0 Å². The van der Waals surface area contributed by atoms with Crippen LogP contribution in [0, 0.1) is 0 Å². The van der Waals surface area contributed by atoms with E-state index in [9.17, 15) is 0 Å². The summed E-state index contributed by atoms with van der Waals surface area (Å²) in [6, 6.07) is 2.12. The van der Waals surface area contributed by atoms with Crippen molar-refractivity contribution in [2.24, 2.45) is 0 Å². The quantitative estimate of drug-likeness (QED) is 0.673. The molecule has 0 spiro atoms. The SMILES string of the molecule is CCNC(Cc1ccoc1)C(OCC)OCC. The Morgan fingerprint density at radius 3 is 2.41 bits per heavy atom. The highest BCUT2D eigenvalue weighted by Crippen LogP contribution is 2.10. The number of hydrogen-bond donors (Lipinski definition) is 1. The molecule has 0 saturated heterocycles. The molecule has 0 aromatic carbocycles. The second-order valence-electron chi connectivity index (χ2n) is 3.78. The summed E-state index contributed by atoms with van der Waals surface area (Å²) >= 11 is 0. The van der Waals surface area contributed by atoms with Gasteiger partial charge in [0.15, 0.2) is 6.29 Å². The molecule has 98 valence electrons. The number of rotatable bonds is 9. The lowest BCUT2D eigenvalue weighted by Gasteiger charge is -2.27. The molecule has 0 aliphatic heterocycles. The van der Waals surface area contributed by atoms with Crippen LogP contribution in [0.25, 0.3) is 0 Å². The van der Waals surface area contributed by atoms with Crippen molar-refractivity contribution in [1.29, 1.82) is 0 Å². The Morgan fingerprint density at radius 2 is 1.94 bits per heavy atom. The van der Waals surface area contributed by atoms with Gasteiger partial charge in [0.05, 0.1) is 18.6 Å². The highest BCUT2D eigenvalue weighted by Gasteiger charge is 2.22. The summed E-state index contributed by atoms with van der Waals surface area (Å²) in [7, 11) is 0. The van der Waals surface area contributed by atoms with Gasteiger partial charge in [0.25, 0.3) is 0 Å². The second-order valence-corrected chi connectivity index (χ2v) is 3.78. The summed E-state index contributed by atoms with van der Waals surface area (Å²) in [5.41, 5.74) is 1.15. The molecule has 1 aromatic heterocycles. The van der Waals surface area contributed by atoms with Crippen LogP contribution < -0.4 is 5.32 Å². The van der Waals surface area contributed by atoms with Crippen molar-refractivity contribution in [3.05, 3.63) is 24.2 Å². The van der Waals surface area contributed by atoms with Gasteiger partial charge in [-0.15, -0.1) is 0 Å². The third-order valence-corrected chi connectivity index (χ3v) is 2.49. The molecule has 1 unspecified atom stereocenters. The summed E-state index contributed by atoms with van der Waals surface area (Å²) in [6.07, 6.45) is 4.09. The highest BCUT2D eigenvalue weighted by atomic mass is 16.7. The monoisotopic (exact) mass is 241 g/mol. The first kappa shape index (κ1) is 14.2. The molecule has 17 heavy (non-hydrogen) atoms. The van der Waals surface area contributed by atoms with Gasteiger partial charge in [-0.2, -0.15) is 0 Å². The highest BCUT2D eigenvalue weighted by molar-refractivity contribution is 5.07. The predicted octanol–water partition coefficient (Wildman–Crippen LogP) is 2.20. The zero-order valence-corrected chi connectivity index (χ0v) is 10.9. The molecule has 1 aromatic rings. The first-order valence-electron chi connectivity index (χ1n) is 6.29. The van der Waals surface area contributed by atoms with Crippen LogP contribution in [0.15, 0.2) is 23.0 Å². The van der Waals surface area contributed by atoms with Crippen LogP contribution in [-0.4, -0.2) is 32.1 Å². The summed E-state index contributed by atoms with van der Waals surface area (Å²) in [5.74, 6) is 0. The van der Waals surface area contributed by atoms with Crippen LogP contribution in [-0.2, 0) is 15.9 Å². The fourth-order valence-corrected chi connectivity index (χ4v) is 1.80. The first-order valence-corrected chi connectivity index (χ1v) is 6.29. The largest absolute Gasteiger partial charge is 0.472 e. The van der Waals surface area contributed by atoms with Crippen molar-refractivity contribution in [1.82, 2.24) is 5.32 Å². The van der Waals surface area contributed by atoms with E-state index in [1.165, 1.54) is 0 Å². The molecule has 1 N–H and O–H groups in total. The van der Waals surface area contributed by atoms with Gasteiger partial charge in [-0.1, -0.05) is 6.92 Å². The first-order chi connectivity index (χ1) is 8.31. The number of ether oxygens (including phenoxy) is 2. The van der Waals surface area contributed by atoms with Crippen molar-refractivity contribution in [2.45, 2.75) is 39.5 Å². The molecular formula is C13H23NO3. The maximum atomic E-state index is 5.63. The normalized spacial score (nSPS) is 13.2. The van der Waals surface area contributed by atoms with E-state index in [1.54, 1.807) is 12.5 Å². The zero-order valence-electron chi connectivity index (χ0n) is 10.9. The molecule has 0 bridgehead atoms. The Balaban J connectivity index is 2.60. The summed E-state index contributed by atoms with van der Waals surface area (Å²) in [6.45, 7) is 8.23. The van der Waals surface area contributed by atoms with Crippen LogP contribution in [0.2, 0.25) is 0 Å². The Morgan fingerprint density at radius 1 is 1.24 bits per heavy atom. The zero-order chi connectivity index (χ0) is 12.5. The smallest absolute Gasteiger partial charge is 0.172 e. The molecule has 1 heterocycles. The minimum absolute atomic E-state index is 0.150. The Labute approximate surface area is 103 Å². The maximum absolute atomic E-state index is 5.63. The van der Waals surface area contributed by atoms with E-state index >= 15 is 0 Å². The molecule has 1 rings (SSSR count). The number of nitrogens with one attached hydrogen (secondary N) is 1. The average molecular weight is 241 g/mol. The molecule has 0 radical (unpaired) electrons. The summed E-state index contributed by atoms with van der Waals surface area (Å²) in [4.78, 5) is 0. The van der Waals surface area contributed by atoms with Crippen LogP contribution in [0.3, 0.4) is 0 Å². The van der Waals surface area contributed by atoms with Crippen LogP contribution in [0.5, 0.6) is 0 Å². The van der Waals surface area contributed by atoms with E-state index < -0.39 is 0 Å². The van der Waals surface area contributed by atoms with Crippen molar-refractivity contribution in [2.75, 3.05) is 19.8 Å². The minimum Gasteiger partial charge on any atom is -0.472 e. The third-order valence-electron chi connectivity index (χ3n) is 2.49. The fraction of sp³-hybridized carbons (Fsp3) is 0.692. The van der Waals surface area contributed by atoms with E-state index in [4.69, 9.17) is 13.9 Å². The lowest BCUT2D eigenvalue weighted by molar-refractivity contribution is -0.153. The van der Waals surface area contributed by atoms with E-state index in [0.29, 0.717) is 13.2 Å². The van der Waals surface area contributed by atoms with Crippen LogP contribution in [0.4, 0.5) is 0 Å². The third kappa shape index (κ3) is 4.89. The van der Waals surface area contributed by atoms with Crippen molar-refractivity contribution in [3.63, 3.8) is 0 Å². The van der Waals surface area contributed by atoms with Gasteiger partial charge in [0.2, 0.25) is 0 Å². The van der Waals surface area contributed by atoms with E-state index in [-0.39, 0.29) is 12.3 Å². The molecule has 4 heteroatoms. The number of furan rings is 1. The van der Waals surface area contributed by atoms with Crippen molar-refractivity contribution >= 4 is 0 Å². The summed E-state index contributed by atoms with van der Waals surface area (Å²) in [5, 5.41) is 3.40. The topological polar surface area (TPSA) is 43.6 Å². The Hall–Kier alpha value is -0.840. The van der Waals surface area contributed by atoms with Gasteiger partial charge < -0.3 is 19.2 Å². The van der Waals surface area contributed by atoms with Crippen LogP contribution in [0.1, 0.15) is 26.3 Å². The predicted molar refractivity (Wildman–Crippen MR) is 66.9 cm³/mol. The molecule has 0 amide bonds. The van der Waals surface area contributed by atoms with Crippen LogP contribution >= 0.6 is 0 Å². The molecule has 0 fully saturated rings. The Bertz CT molecular complexity index is 268. The molecular weight excluding hydrogens is 218 g/mol. The molecule has 0 saturated carbocycles. The lowest BCUT2D eigenvalue weighted by atomic mass is 10.1. The minimum atomic E-state index is -0.208. The van der Waals surface area contributed by atoms with Gasteiger partial charge in [0.1, 0.15) is 0 Å². The Kier molecular flexibility index (Phi) is 6.93. The van der Waals surface area contributed by atoms with Gasteiger partial charge >= 0.3 is 0 Å². The van der Waals surface area contributed by atoms with Gasteiger partial charge in [0, 0.05) is 13.2 Å². The van der Waals surface area contributed by atoms with E-state index in [2.05, 4.69) is 12.2 Å². The number of hydrogen-bond acceptors (Lipinski definition) is 4. The van der Waals surface area contributed by atoms with Crippen molar-refractivity contribution in [3.8, 4) is 0 Å². The number of likely N-dealkylation sites (N-methyl/N-ethyl adjacent to an activating group) is 1. The lowest BCUT2D eigenvalue weighted by Crippen LogP contribution is -2.44. The second kappa shape index (κ2) is 8.28. The molecule has 4 nitrogen and oxygen atoms in total. The fourth-order valence-electron chi connectivity index (χ4n) is 1.80. The molecule has 0 aliphatic rings.